The number of likely N-dealkylation sites (N-methyl/N-ethyl adjacent to an activating group) is 1. The van der Waals surface area contributed by atoms with Gasteiger partial charge in [0, 0.05) is 12.6 Å². The number of nitrogens with one attached hydrogen (secondary N) is 1. The first-order chi connectivity index (χ1) is 14.4. The number of benzene rings is 1. The first kappa shape index (κ1) is 22.2. The van der Waals surface area contributed by atoms with Crippen molar-refractivity contribution in [3.8, 4) is 0 Å². The van der Waals surface area contributed by atoms with Crippen molar-refractivity contribution in [1.29, 1.82) is 0 Å². The van der Waals surface area contributed by atoms with E-state index in [2.05, 4.69) is 20.8 Å². The van der Waals surface area contributed by atoms with Crippen LogP contribution in [-0.2, 0) is 26.0 Å². The zero-order chi connectivity index (χ0) is 21.6. The molecule has 0 aliphatic carbocycles. The summed E-state index contributed by atoms with van der Waals surface area (Å²) in [5, 5.41) is 14.8. The van der Waals surface area contributed by atoms with Crippen molar-refractivity contribution in [2.75, 3.05) is 30.3 Å². The third-order valence-electron chi connectivity index (χ3n) is 4.67. The van der Waals surface area contributed by atoms with Gasteiger partial charge in [0.1, 0.15) is 0 Å². The molecule has 2 amide bonds. The fourth-order valence-corrected chi connectivity index (χ4v) is 5.56. The molecule has 2 aromatic rings. The van der Waals surface area contributed by atoms with Gasteiger partial charge in [0.2, 0.25) is 17.0 Å². The van der Waals surface area contributed by atoms with E-state index in [1.54, 1.807) is 11.6 Å². The summed E-state index contributed by atoms with van der Waals surface area (Å²) in [7, 11) is -3.07. The molecule has 1 aliphatic heterocycles. The fourth-order valence-electron chi connectivity index (χ4n) is 3.10. The highest BCUT2D eigenvalue weighted by Crippen LogP contribution is 2.16. The lowest BCUT2D eigenvalue weighted by atomic mass is 10.2. The second kappa shape index (κ2) is 10.0. The van der Waals surface area contributed by atoms with Crippen molar-refractivity contribution < 1.29 is 18.0 Å². The van der Waals surface area contributed by atoms with Crippen LogP contribution in [-0.4, -0.2) is 81.7 Å². The number of tetrazole rings is 1. The summed E-state index contributed by atoms with van der Waals surface area (Å²) in [4.78, 5) is 26.2. The van der Waals surface area contributed by atoms with Crippen molar-refractivity contribution in [2.45, 2.75) is 31.1 Å². The average molecular weight is 453 g/mol. The monoisotopic (exact) mass is 452 g/mol. The molecule has 1 aliphatic rings. The van der Waals surface area contributed by atoms with Crippen LogP contribution in [0.3, 0.4) is 0 Å². The molecule has 162 valence electrons. The summed E-state index contributed by atoms with van der Waals surface area (Å²) in [6.07, 6.45) is 0.411. The molecule has 1 fully saturated rings. The lowest BCUT2D eigenvalue weighted by molar-refractivity contribution is -0.134. The standard InChI is InChI=1S/C18H24N6O4S2/c1-2-23(11-16(25)19-15-8-9-30(27,28)13-15)17(26)12-29-18-20-21-22-24(18)10-14-6-4-3-5-7-14/h3-7,15H,2,8-13H2,1H3,(H,19,25). The van der Waals surface area contributed by atoms with Gasteiger partial charge in [0.15, 0.2) is 9.84 Å². The zero-order valence-corrected chi connectivity index (χ0v) is 18.2. The lowest BCUT2D eigenvalue weighted by Crippen LogP contribution is -2.45. The van der Waals surface area contributed by atoms with E-state index in [-0.39, 0.29) is 41.7 Å². The molecule has 10 nitrogen and oxygen atoms in total. The minimum absolute atomic E-state index is 0.0429. The van der Waals surface area contributed by atoms with Crippen LogP contribution in [0.5, 0.6) is 0 Å². The number of carbonyl (C=O) groups excluding carboxylic acids is 2. The average Bonchev–Trinajstić information content (AvgIpc) is 3.30. The van der Waals surface area contributed by atoms with Gasteiger partial charge in [0.25, 0.3) is 0 Å². The van der Waals surface area contributed by atoms with Crippen molar-refractivity contribution in [3.63, 3.8) is 0 Å². The van der Waals surface area contributed by atoms with Gasteiger partial charge in [-0.2, -0.15) is 0 Å². The van der Waals surface area contributed by atoms with Crippen molar-refractivity contribution in [1.82, 2.24) is 30.4 Å². The molecule has 1 N–H and O–H groups in total. The van der Waals surface area contributed by atoms with E-state index in [1.807, 2.05) is 30.3 Å². The van der Waals surface area contributed by atoms with E-state index in [0.717, 1.165) is 5.56 Å². The maximum absolute atomic E-state index is 12.6. The molecule has 3 rings (SSSR count). The Morgan fingerprint density at radius 3 is 2.73 bits per heavy atom. The fraction of sp³-hybridized carbons (Fsp3) is 0.500. The van der Waals surface area contributed by atoms with Crippen LogP contribution in [0, 0.1) is 0 Å². The molecule has 0 spiro atoms. The predicted octanol–water partition coefficient (Wildman–Crippen LogP) is -0.0347. The second-order valence-electron chi connectivity index (χ2n) is 6.97. The topological polar surface area (TPSA) is 127 Å². The van der Waals surface area contributed by atoms with Gasteiger partial charge in [-0.1, -0.05) is 42.1 Å². The number of hydrogen-bond acceptors (Lipinski definition) is 8. The van der Waals surface area contributed by atoms with E-state index in [1.165, 1.54) is 16.7 Å². The molecular weight excluding hydrogens is 428 g/mol. The van der Waals surface area contributed by atoms with Crippen molar-refractivity contribution in [3.05, 3.63) is 35.9 Å². The summed E-state index contributed by atoms with van der Waals surface area (Å²) in [5.41, 5.74) is 1.04. The first-order valence-electron chi connectivity index (χ1n) is 9.56. The van der Waals surface area contributed by atoms with Crippen LogP contribution in [0.15, 0.2) is 35.5 Å². The van der Waals surface area contributed by atoms with Crippen molar-refractivity contribution >= 4 is 33.4 Å². The Morgan fingerprint density at radius 2 is 2.07 bits per heavy atom. The van der Waals surface area contributed by atoms with Crippen molar-refractivity contribution in [2.24, 2.45) is 0 Å². The van der Waals surface area contributed by atoms with Crippen LogP contribution in [0.1, 0.15) is 18.9 Å². The molecule has 12 heteroatoms. The highest BCUT2D eigenvalue weighted by molar-refractivity contribution is 7.99. The number of amides is 2. The molecule has 2 heterocycles. The zero-order valence-electron chi connectivity index (χ0n) is 16.6. The number of carbonyl (C=O) groups is 2. The maximum Gasteiger partial charge on any atom is 0.239 e. The Hall–Kier alpha value is -2.47. The highest BCUT2D eigenvalue weighted by atomic mass is 32.2. The molecule has 1 atom stereocenters. The van der Waals surface area contributed by atoms with E-state index in [0.29, 0.717) is 24.7 Å². The molecule has 0 saturated carbocycles. The molecule has 1 aromatic carbocycles. The minimum atomic E-state index is -3.07. The van der Waals surface area contributed by atoms with Gasteiger partial charge < -0.3 is 10.2 Å². The molecule has 0 radical (unpaired) electrons. The van der Waals surface area contributed by atoms with Gasteiger partial charge >= 0.3 is 0 Å². The van der Waals surface area contributed by atoms with Gasteiger partial charge in [-0.05, 0) is 29.3 Å². The van der Waals surface area contributed by atoms with E-state index in [4.69, 9.17) is 0 Å². The van der Waals surface area contributed by atoms with Gasteiger partial charge in [-0.3, -0.25) is 9.59 Å². The van der Waals surface area contributed by atoms with Crippen LogP contribution in [0.2, 0.25) is 0 Å². The summed E-state index contributed by atoms with van der Waals surface area (Å²) >= 11 is 1.21. The van der Waals surface area contributed by atoms with Crippen LogP contribution in [0.4, 0.5) is 0 Å². The molecule has 1 aromatic heterocycles. The van der Waals surface area contributed by atoms with Crippen LogP contribution >= 0.6 is 11.8 Å². The quantitative estimate of drug-likeness (QED) is 0.525. The summed E-state index contributed by atoms with van der Waals surface area (Å²) in [6, 6.07) is 9.34. The smallest absolute Gasteiger partial charge is 0.239 e. The third kappa shape index (κ3) is 6.26. The Bertz CT molecular complexity index is 980. The maximum atomic E-state index is 12.6. The van der Waals surface area contributed by atoms with Crippen LogP contribution < -0.4 is 5.32 Å². The van der Waals surface area contributed by atoms with E-state index >= 15 is 0 Å². The number of hydrogen-bond donors (Lipinski definition) is 1. The number of aromatic nitrogens is 4. The highest BCUT2D eigenvalue weighted by Gasteiger charge is 2.29. The number of nitrogens with zero attached hydrogens (tertiary/aromatic N) is 5. The van der Waals surface area contributed by atoms with E-state index in [9.17, 15) is 18.0 Å². The number of thioether (sulfide) groups is 1. The summed E-state index contributed by atoms with van der Waals surface area (Å²) in [5.74, 6) is -0.438. The molecular formula is C18H24N6O4S2. The Balaban J connectivity index is 1.50. The normalized spacial score (nSPS) is 17.6. The molecule has 30 heavy (non-hydrogen) atoms. The van der Waals surface area contributed by atoms with Gasteiger partial charge in [0.05, 0.1) is 30.3 Å². The molecule has 0 bridgehead atoms. The number of rotatable bonds is 9. The third-order valence-corrected chi connectivity index (χ3v) is 7.38. The first-order valence-corrected chi connectivity index (χ1v) is 12.4. The Labute approximate surface area is 179 Å². The summed E-state index contributed by atoms with van der Waals surface area (Å²) in [6.45, 7) is 2.54. The Kier molecular flexibility index (Phi) is 7.43. The molecule has 1 unspecified atom stereocenters. The van der Waals surface area contributed by atoms with Crippen LogP contribution in [0.25, 0.3) is 0 Å². The largest absolute Gasteiger partial charge is 0.351 e. The number of sulfone groups is 1. The minimum Gasteiger partial charge on any atom is -0.351 e. The van der Waals surface area contributed by atoms with E-state index < -0.39 is 9.84 Å². The molecule has 1 saturated heterocycles. The summed E-state index contributed by atoms with van der Waals surface area (Å²) < 4.78 is 24.6. The lowest BCUT2D eigenvalue weighted by Gasteiger charge is -2.21. The second-order valence-corrected chi connectivity index (χ2v) is 10.1. The van der Waals surface area contributed by atoms with Gasteiger partial charge in [-0.25, -0.2) is 13.1 Å². The SMILES string of the molecule is CCN(CC(=O)NC1CCS(=O)(=O)C1)C(=O)CSc1nnnn1Cc1ccccc1. The Morgan fingerprint density at radius 1 is 1.30 bits per heavy atom. The predicted molar refractivity (Wildman–Crippen MR) is 112 cm³/mol. The van der Waals surface area contributed by atoms with Gasteiger partial charge in [-0.15, -0.1) is 5.10 Å².